The molecule has 1 aromatic carbocycles. The number of carbonyl (C=O) groups excluding carboxylic acids is 1. The number of phenolic OH excluding ortho intramolecular Hbond substituents is 1. The Bertz CT molecular complexity index is 519. The van der Waals surface area contributed by atoms with E-state index in [1.54, 1.807) is 0 Å². The molecule has 0 saturated heterocycles. The average Bonchev–Trinajstić information content (AvgIpc) is 2.29. The number of amides is 1. The third kappa shape index (κ3) is 5.10. The highest BCUT2D eigenvalue weighted by Gasteiger charge is 2.26. The van der Waals surface area contributed by atoms with E-state index in [4.69, 9.17) is 5.11 Å². The summed E-state index contributed by atoms with van der Waals surface area (Å²) in [6.45, 7) is -2.00. The molecule has 0 radical (unpaired) electrons. The van der Waals surface area contributed by atoms with Crippen molar-refractivity contribution in [1.82, 2.24) is 5.32 Å². The minimum Gasteiger partial charge on any atom is -0.508 e. The Hall–Kier alpha value is -2.36. The van der Waals surface area contributed by atoms with Crippen LogP contribution in [-0.4, -0.2) is 35.2 Å². The Morgan fingerprint density at radius 1 is 1.40 bits per heavy atom. The molecule has 0 fully saturated rings. The van der Waals surface area contributed by atoms with Crippen molar-refractivity contribution in [2.75, 3.05) is 18.4 Å². The van der Waals surface area contributed by atoms with Crippen molar-refractivity contribution < 1.29 is 28.0 Å². The molecule has 0 aliphatic carbocycles. The van der Waals surface area contributed by atoms with E-state index in [0.29, 0.717) is 0 Å². The minimum absolute atomic E-state index is 0.216. The van der Waals surface area contributed by atoms with E-state index in [-0.39, 0.29) is 11.4 Å². The summed E-state index contributed by atoms with van der Waals surface area (Å²) in [6, 6.07) is 3.00. The number of nitrogens with zero attached hydrogens (tertiary/aromatic N) is 1. The van der Waals surface area contributed by atoms with Crippen LogP contribution in [-0.2, 0) is 4.79 Å². The molecule has 0 heterocycles. The van der Waals surface area contributed by atoms with Gasteiger partial charge in [-0.25, -0.2) is 0 Å². The van der Waals surface area contributed by atoms with E-state index in [2.05, 4.69) is 5.32 Å². The van der Waals surface area contributed by atoms with Crippen molar-refractivity contribution in [1.29, 1.82) is 0 Å². The maximum absolute atomic E-state index is 11.8. The third-order valence-electron chi connectivity index (χ3n) is 2.06. The number of phenols is 1. The molecule has 0 aliphatic heterocycles. The first-order chi connectivity index (χ1) is 9.19. The van der Waals surface area contributed by atoms with Crippen LogP contribution in [0.4, 0.5) is 24.5 Å². The van der Waals surface area contributed by atoms with Gasteiger partial charge in [-0.2, -0.15) is 13.2 Å². The van der Waals surface area contributed by atoms with E-state index in [0.717, 1.165) is 18.2 Å². The van der Waals surface area contributed by atoms with Crippen molar-refractivity contribution in [3.05, 3.63) is 28.3 Å². The molecule has 3 N–H and O–H groups in total. The zero-order valence-corrected chi connectivity index (χ0v) is 9.90. The van der Waals surface area contributed by atoms with Crippen LogP contribution >= 0.6 is 0 Å². The molecule has 0 saturated carbocycles. The summed E-state index contributed by atoms with van der Waals surface area (Å²) in [6.07, 6.45) is -4.45. The van der Waals surface area contributed by atoms with Crippen LogP contribution < -0.4 is 10.6 Å². The van der Waals surface area contributed by atoms with Crippen LogP contribution in [0.2, 0.25) is 0 Å². The summed E-state index contributed by atoms with van der Waals surface area (Å²) in [7, 11) is 0. The van der Waals surface area contributed by atoms with Crippen molar-refractivity contribution in [2.24, 2.45) is 0 Å². The lowest BCUT2D eigenvalue weighted by Crippen LogP contribution is -2.35. The fourth-order valence-electron chi connectivity index (χ4n) is 1.29. The molecule has 0 unspecified atom stereocenters. The number of nitro benzene ring substituents is 1. The zero-order chi connectivity index (χ0) is 15.3. The van der Waals surface area contributed by atoms with Gasteiger partial charge in [0.1, 0.15) is 11.4 Å². The lowest BCUT2D eigenvalue weighted by Gasteiger charge is -2.09. The number of benzene rings is 1. The summed E-state index contributed by atoms with van der Waals surface area (Å²) >= 11 is 0. The quantitative estimate of drug-likeness (QED) is 0.432. The second-order valence-electron chi connectivity index (χ2n) is 3.73. The van der Waals surface area contributed by atoms with Gasteiger partial charge in [0.25, 0.3) is 5.69 Å². The van der Waals surface area contributed by atoms with Gasteiger partial charge in [0.05, 0.1) is 24.1 Å². The van der Waals surface area contributed by atoms with Gasteiger partial charge in [0.15, 0.2) is 0 Å². The SMILES string of the molecule is O=C(CNCC(F)(F)F)Nc1ccc(O)cc1[N+](=O)[O-]. The molecule has 0 bridgehead atoms. The van der Waals surface area contributed by atoms with E-state index in [1.807, 2.05) is 5.32 Å². The first-order valence-corrected chi connectivity index (χ1v) is 5.24. The first kappa shape index (κ1) is 15.7. The maximum Gasteiger partial charge on any atom is 0.401 e. The smallest absolute Gasteiger partial charge is 0.401 e. The van der Waals surface area contributed by atoms with Crippen LogP contribution in [0.25, 0.3) is 0 Å². The molecular formula is C10H10F3N3O4. The minimum atomic E-state index is -4.45. The van der Waals surface area contributed by atoms with Crippen LogP contribution in [0.1, 0.15) is 0 Å². The van der Waals surface area contributed by atoms with Gasteiger partial charge in [-0.3, -0.25) is 14.9 Å². The van der Waals surface area contributed by atoms with Crippen molar-refractivity contribution in [3.63, 3.8) is 0 Å². The number of halogens is 3. The molecule has 0 aromatic heterocycles. The van der Waals surface area contributed by atoms with E-state index >= 15 is 0 Å². The lowest BCUT2D eigenvalue weighted by atomic mass is 10.2. The molecule has 10 heteroatoms. The van der Waals surface area contributed by atoms with E-state index < -0.39 is 35.8 Å². The molecule has 7 nitrogen and oxygen atoms in total. The number of hydrogen-bond donors (Lipinski definition) is 3. The normalized spacial score (nSPS) is 11.2. The summed E-state index contributed by atoms with van der Waals surface area (Å²) in [5, 5.41) is 23.7. The lowest BCUT2D eigenvalue weighted by molar-refractivity contribution is -0.384. The Morgan fingerprint density at radius 3 is 2.60 bits per heavy atom. The van der Waals surface area contributed by atoms with Gasteiger partial charge in [-0.1, -0.05) is 0 Å². The predicted octanol–water partition coefficient (Wildman–Crippen LogP) is 1.39. The number of aromatic hydroxyl groups is 1. The molecule has 20 heavy (non-hydrogen) atoms. The molecule has 0 atom stereocenters. The molecule has 1 aromatic rings. The van der Waals surface area contributed by atoms with Gasteiger partial charge in [0, 0.05) is 0 Å². The number of carbonyl (C=O) groups is 1. The van der Waals surface area contributed by atoms with E-state index in [1.165, 1.54) is 0 Å². The highest BCUT2D eigenvalue weighted by molar-refractivity contribution is 5.94. The second-order valence-corrected chi connectivity index (χ2v) is 3.73. The Balaban J connectivity index is 2.64. The van der Waals surface area contributed by atoms with Crippen LogP contribution in [0.3, 0.4) is 0 Å². The molecule has 0 spiro atoms. The molecule has 110 valence electrons. The molecule has 0 aliphatic rings. The van der Waals surface area contributed by atoms with E-state index in [9.17, 15) is 28.1 Å². The highest BCUT2D eigenvalue weighted by atomic mass is 19.4. The van der Waals surface area contributed by atoms with Crippen molar-refractivity contribution >= 4 is 17.3 Å². The molecule has 1 rings (SSSR count). The number of anilines is 1. The van der Waals surface area contributed by atoms with Gasteiger partial charge in [-0.05, 0) is 12.1 Å². The van der Waals surface area contributed by atoms with Gasteiger partial charge < -0.3 is 15.7 Å². The monoisotopic (exact) mass is 293 g/mol. The Kier molecular flexibility index (Phi) is 4.86. The Morgan fingerprint density at radius 2 is 2.05 bits per heavy atom. The van der Waals surface area contributed by atoms with Crippen LogP contribution in [0.5, 0.6) is 5.75 Å². The number of alkyl halides is 3. The number of nitrogens with one attached hydrogen (secondary N) is 2. The zero-order valence-electron chi connectivity index (χ0n) is 9.90. The molecular weight excluding hydrogens is 283 g/mol. The standard InChI is InChI=1S/C10H10F3N3O4/c11-10(12,13)5-14-4-9(18)15-7-2-1-6(17)3-8(7)16(19)20/h1-3,14,17H,4-5H2,(H,15,18). The number of hydrogen-bond acceptors (Lipinski definition) is 5. The summed E-state index contributed by atoms with van der Waals surface area (Å²) in [5.74, 6) is -1.24. The van der Waals surface area contributed by atoms with Gasteiger partial charge in [0.2, 0.25) is 5.91 Å². The van der Waals surface area contributed by atoms with Crippen LogP contribution in [0, 0.1) is 10.1 Å². The second kappa shape index (κ2) is 6.19. The molecule has 1 amide bonds. The largest absolute Gasteiger partial charge is 0.508 e. The average molecular weight is 293 g/mol. The third-order valence-corrected chi connectivity index (χ3v) is 2.06. The van der Waals surface area contributed by atoms with Crippen LogP contribution in [0.15, 0.2) is 18.2 Å². The van der Waals surface area contributed by atoms with Gasteiger partial charge >= 0.3 is 6.18 Å². The first-order valence-electron chi connectivity index (χ1n) is 5.24. The fourth-order valence-corrected chi connectivity index (χ4v) is 1.29. The summed E-state index contributed by atoms with van der Waals surface area (Å²) < 4.78 is 35.5. The van der Waals surface area contributed by atoms with Gasteiger partial charge in [-0.15, -0.1) is 0 Å². The highest BCUT2D eigenvalue weighted by Crippen LogP contribution is 2.28. The topological polar surface area (TPSA) is 104 Å². The Labute approximate surface area is 110 Å². The maximum atomic E-state index is 11.8. The summed E-state index contributed by atoms with van der Waals surface area (Å²) in [5.41, 5.74) is -0.777. The number of nitro groups is 1. The summed E-state index contributed by atoms with van der Waals surface area (Å²) in [4.78, 5) is 21.2. The fraction of sp³-hybridized carbons (Fsp3) is 0.300. The van der Waals surface area contributed by atoms with Crippen molar-refractivity contribution in [3.8, 4) is 5.75 Å². The van der Waals surface area contributed by atoms with Crippen molar-refractivity contribution in [2.45, 2.75) is 6.18 Å². The number of rotatable bonds is 5. The predicted molar refractivity (Wildman–Crippen MR) is 62.3 cm³/mol.